The molecule has 1 N–H and O–H groups in total. The summed E-state index contributed by atoms with van der Waals surface area (Å²) in [5, 5.41) is 11.8. The minimum absolute atomic E-state index is 0.106. The monoisotopic (exact) mass is 283 g/mol. The standard InChI is InChI=1S/C18H21NO2/c1-2-12-6-7-15(18(20)21)16(10-12)14-5-3-4-13-8-9-19-11-17(13)14/h3-5,8-9,11-12,15-16H,2,6-7,10H2,1H3,(H,20,21). The second-order valence-electron chi connectivity index (χ2n) is 6.08. The minimum Gasteiger partial charge on any atom is -0.481 e. The second kappa shape index (κ2) is 5.84. The van der Waals surface area contributed by atoms with Crippen molar-refractivity contribution < 1.29 is 9.90 Å². The van der Waals surface area contributed by atoms with E-state index in [-0.39, 0.29) is 11.8 Å². The van der Waals surface area contributed by atoms with Crippen molar-refractivity contribution in [2.24, 2.45) is 11.8 Å². The third-order valence-corrected chi connectivity index (χ3v) is 4.97. The van der Waals surface area contributed by atoms with E-state index >= 15 is 0 Å². The van der Waals surface area contributed by atoms with Crippen molar-refractivity contribution in [3.8, 4) is 0 Å². The molecule has 3 rings (SSSR count). The fraction of sp³-hybridized carbons (Fsp3) is 0.444. The van der Waals surface area contributed by atoms with E-state index in [0.29, 0.717) is 5.92 Å². The summed E-state index contributed by atoms with van der Waals surface area (Å²) in [7, 11) is 0. The summed E-state index contributed by atoms with van der Waals surface area (Å²) in [6.07, 6.45) is 7.59. The first kappa shape index (κ1) is 14.1. The number of nitrogens with zero attached hydrogens (tertiary/aromatic N) is 1. The highest BCUT2D eigenvalue weighted by atomic mass is 16.4. The highest BCUT2D eigenvalue weighted by Gasteiger charge is 2.36. The van der Waals surface area contributed by atoms with Crippen LogP contribution in [0, 0.1) is 11.8 Å². The molecule has 1 heterocycles. The molecule has 1 aliphatic rings. The van der Waals surface area contributed by atoms with Gasteiger partial charge in [0.2, 0.25) is 0 Å². The van der Waals surface area contributed by atoms with Crippen LogP contribution in [0.4, 0.5) is 0 Å². The van der Waals surface area contributed by atoms with Crippen molar-refractivity contribution in [1.82, 2.24) is 4.98 Å². The minimum atomic E-state index is -0.657. The van der Waals surface area contributed by atoms with Gasteiger partial charge in [-0.2, -0.15) is 0 Å². The molecule has 1 aromatic heterocycles. The van der Waals surface area contributed by atoms with Crippen LogP contribution in [0.1, 0.15) is 44.1 Å². The number of hydrogen-bond acceptors (Lipinski definition) is 2. The van der Waals surface area contributed by atoms with Crippen molar-refractivity contribution in [2.45, 2.75) is 38.5 Å². The van der Waals surface area contributed by atoms with Crippen molar-refractivity contribution in [3.63, 3.8) is 0 Å². The fourth-order valence-corrected chi connectivity index (χ4v) is 3.73. The van der Waals surface area contributed by atoms with Gasteiger partial charge in [0.15, 0.2) is 0 Å². The smallest absolute Gasteiger partial charge is 0.307 e. The topological polar surface area (TPSA) is 50.2 Å². The molecule has 0 aliphatic heterocycles. The van der Waals surface area contributed by atoms with E-state index in [1.165, 1.54) is 0 Å². The van der Waals surface area contributed by atoms with Gasteiger partial charge in [0, 0.05) is 17.8 Å². The van der Waals surface area contributed by atoms with E-state index in [1.807, 2.05) is 18.3 Å². The average Bonchev–Trinajstić information content (AvgIpc) is 2.53. The number of rotatable bonds is 3. The Morgan fingerprint density at radius 1 is 1.33 bits per heavy atom. The molecule has 1 aromatic carbocycles. The first-order chi connectivity index (χ1) is 10.2. The zero-order valence-electron chi connectivity index (χ0n) is 12.3. The molecule has 3 atom stereocenters. The summed E-state index contributed by atoms with van der Waals surface area (Å²) in [6, 6.07) is 8.18. The van der Waals surface area contributed by atoms with Crippen molar-refractivity contribution >= 4 is 16.7 Å². The summed E-state index contributed by atoms with van der Waals surface area (Å²) >= 11 is 0. The van der Waals surface area contributed by atoms with Gasteiger partial charge in [-0.05, 0) is 48.1 Å². The van der Waals surface area contributed by atoms with Crippen molar-refractivity contribution in [2.75, 3.05) is 0 Å². The summed E-state index contributed by atoms with van der Waals surface area (Å²) < 4.78 is 0. The number of benzene rings is 1. The molecule has 0 amide bonds. The van der Waals surface area contributed by atoms with Crippen LogP contribution in [0.2, 0.25) is 0 Å². The van der Waals surface area contributed by atoms with E-state index in [4.69, 9.17) is 0 Å². The zero-order valence-corrected chi connectivity index (χ0v) is 12.3. The van der Waals surface area contributed by atoms with E-state index < -0.39 is 5.97 Å². The van der Waals surface area contributed by atoms with E-state index in [1.54, 1.807) is 6.20 Å². The molecule has 0 bridgehead atoms. The molecular formula is C18H21NO2. The number of carbonyl (C=O) groups is 1. The molecule has 3 nitrogen and oxygen atoms in total. The maximum Gasteiger partial charge on any atom is 0.307 e. The lowest BCUT2D eigenvalue weighted by atomic mass is 9.70. The number of carboxylic acid groups (broad SMARTS) is 1. The van der Waals surface area contributed by atoms with Crippen LogP contribution in [0.25, 0.3) is 10.8 Å². The van der Waals surface area contributed by atoms with Crippen LogP contribution in [0.3, 0.4) is 0 Å². The maximum absolute atomic E-state index is 11.7. The highest BCUT2D eigenvalue weighted by Crippen LogP contribution is 2.43. The lowest BCUT2D eigenvalue weighted by Gasteiger charge is -2.34. The zero-order chi connectivity index (χ0) is 14.8. The largest absolute Gasteiger partial charge is 0.481 e. The highest BCUT2D eigenvalue weighted by molar-refractivity contribution is 5.86. The predicted octanol–water partition coefficient (Wildman–Crippen LogP) is 4.23. The van der Waals surface area contributed by atoms with Gasteiger partial charge in [-0.25, -0.2) is 0 Å². The second-order valence-corrected chi connectivity index (χ2v) is 6.08. The Kier molecular flexibility index (Phi) is 3.91. The molecule has 110 valence electrons. The number of aliphatic carboxylic acids is 1. The Hall–Kier alpha value is -1.90. The van der Waals surface area contributed by atoms with Gasteiger partial charge in [-0.15, -0.1) is 0 Å². The molecule has 3 unspecified atom stereocenters. The van der Waals surface area contributed by atoms with Crippen LogP contribution in [-0.4, -0.2) is 16.1 Å². The van der Waals surface area contributed by atoms with Gasteiger partial charge in [0.05, 0.1) is 5.92 Å². The molecule has 1 aliphatic carbocycles. The molecule has 0 spiro atoms. The van der Waals surface area contributed by atoms with E-state index in [0.717, 1.165) is 42.0 Å². The summed E-state index contributed by atoms with van der Waals surface area (Å²) in [5.74, 6) is -0.180. The summed E-state index contributed by atoms with van der Waals surface area (Å²) in [4.78, 5) is 15.9. The first-order valence-electron chi connectivity index (χ1n) is 7.76. The predicted molar refractivity (Wildman–Crippen MR) is 83.2 cm³/mol. The van der Waals surface area contributed by atoms with E-state index in [9.17, 15) is 9.90 Å². The third kappa shape index (κ3) is 2.65. The van der Waals surface area contributed by atoms with Gasteiger partial charge in [-0.1, -0.05) is 31.5 Å². The first-order valence-corrected chi connectivity index (χ1v) is 7.76. The van der Waals surface area contributed by atoms with Crippen LogP contribution in [0.5, 0.6) is 0 Å². The number of aromatic nitrogens is 1. The number of pyridine rings is 1. The molecule has 0 saturated heterocycles. The quantitative estimate of drug-likeness (QED) is 0.917. The molecular weight excluding hydrogens is 262 g/mol. The lowest BCUT2D eigenvalue weighted by Crippen LogP contribution is -2.29. The van der Waals surface area contributed by atoms with Gasteiger partial charge >= 0.3 is 5.97 Å². The molecule has 0 radical (unpaired) electrons. The van der Waals surface area contributed by atoms with Crippen molar-refractivity contribution in [3.05, 3.63) is 42.2 Å². The molecule has 3 heteroatoms. The molecule has 1 saturated carbocycles. The number of fused-ring (bicyclic) bond motifs is 1. The Morgan fingerprint density at radius 2 is 2.19 bits per heavy atom. The Labute approximate surface area is 125 Å². The summed E-state index contributed by atoms with van der Waals surface area (Å²) in [5.41, 5.74) is 1.16. The lowest BCUT2D eigenvalue weighted by molar-refractivity contribution is -0.143. The van der Waals surface area contributed by atoms with Gasteiger partial charge in [0.1, 0.15) is 0 Å². The molecule has 2 aromatic rings. The van der Waals surface area contributed by atoms with Crippen LogP contribution in [0.15, 0.2) is 36.7 Å². The summed E-state index contributed by atoms with van der Waals surface area (Å²) in [6.45, 7) is 2.20. The maximum atomic E-state index is 11.7. The van der Waals surface area contributed by atoms with Gasteiger partial charge in [-0.3, -0.25) is 9.78 Å². The van der Waals surface area contributed by atoms with E-state index in [2.05, 4.69) is 24.0 Å². The fourth-order valence-electron chi connectivity index (χ4n) is 3.73. The van der Waals surface area contributed by atoms with Crippen LogP contribution in [-0.2, 0) is 4.79 Å². The molecule has 21 heavy (non-hydrogen) atoms. The normalized spacial score (nSPS) is 25.9. The Bertz CT molecular complexity index is 647. The van der Waals surface area contributed by atoms with Gasteiger partial charge in [0.25, 0.3) is 0 Å². The average molecular weight is 283 g/mol. The van der Waals surface area contributed by atoms with Gasteiger partial charge < -0.3 is 5.11 Å². The third-order valence-electron chi connectivity index (χ3n) is 4.97. The Morgan fingerprint density at radius 3 is 2.95 bits per heavy atom. The number of carboxylic acids is 1. The Balaban J connectivity index is 2.06. The SMILES string of the molecule is CCC1CCC(C(=O)O)C(c2cccc3ccncc23)C1. The van der Waals surface area contributed by atoms with Crippen molar-refractivity contribution in [1.29, 1.82) is 0 Å². The van der Waals surface area contributed by atoms with Crippen LogP contribution >= 0.6 is 0 Å². The van der Waals surface area contributed by atoms with Crippen LogP contribution < -0.4 is 0 Å². The molecule has 1 fully saturated rings. The number of hydrogen-bond donors (Lipinski definition) is 1.